The number of rotatable bonds is 3. The molecule has 1 aromatic heterocycles. The molecule has 3 N–H and O–H groups in total. The molecule has 2 aromatic rings. The molecule has 0 aliphatic heterocycles. The van der Waals surface area contributed by atoms with Crippen LogP contribution in [0.4, 0.5) is 15.9 Å². The van der Waals surface area contributed by atoms with Gasteiger partial charge >= 0.3 is 0 Å². The van der Waals surface area contributed by atoms with Gasteiger partial charge in [0.2, 0.25) is 0 Å². The summed E-state index contributed by atoms with van der Waals surface area (Å²) in [6, 6.07) is 5.17. The summed E-state index contributed by atoms with van der Waals surface area (Å²) in [5.74, 6) is -0.555. The van der Waals surface area contributed by atoms with Gasteiger partial charge in [0.1, 0.15) is 16.5 Å². The lowest BCUT2D eigenvalue weighted by Gasteiger charge is -2.10. The number of nitrogens with two attached hydrogens (primary N) is 1. The predicted molar refractivity (Wildman–Crippen MR) is 81.3 cm³/mol. The summed E-state index contributed by atoms with van der Waals surface area (Å²) >= 11 is 6.19. The molecular weight excluding hydrogens is 417 g/mol. The lowest BCUT2D eigenvalue weighted by molar-refractivity contribution is 0.599. The maximum absolute atomic E-state index is 13.2. The molecule has 0 aliphatic carbocycles. The van der Waals surface area contributed by atoms with Crippen molar-refractivity contribution in [1.82, 2.24) is 4.98 Å². The number of aromatic nitrogens is 1. The van der Waals surface area contributed by atoms with E-state index in [0.29, 0.717) is 4.47 Å². The minimum Gasteiger partial charge on any atom is -0.396 e. The molecule has 5 nitrogen and oxygen atoms in total. The zero-order valence-corrected chi connectivity index (χ0v) is 13.8. The van der Waals surface area contributed by atoms with Crippen LogP contribution >= 0.6 is 31.9 Å². The van der Waals surface area contributed by atoms with E-state index in [1.165, 1.54) is 12.3 Å². The van der Waals surface area contributed by atoms with E-state index in [4.69, 9.17) is 5.73 Å². The van der Waals surface area contributed by atoms with Gasteiger partial charge in [-0.05, 0) is 56.1 Å². The van der Waals surface area contributed by atoms with Crippen LogP contribution < -0.4 is 10.5 Å². The standard InChI is InChI=1S/C11H8Br2FN3O2S/c12-6-1-2-11(16-5-6)17-20(18,19)10-4-9(15)8(14)3-7(10)13/h1-5H,15H2,(H,16,17). The van der Waals surface area contributed by atoms with Gasteiger partial charge in [0.25, 0.3) is 10.0 Å². The van der Waals surface area contributed by atoms with Gasteiger partial charge in [-0.2, -0.15) is 0 Å². The number of nitrogens with zero attached hydrogens (tertiary/aromatic N) is 1. The number of nitrogens with one attached hydrogen (secondary N) is 1. The fraction of sp³-hybridized carbons (Fsp3) is 0. The van der Waals surface area contributed by atoms with E-state index in [2.05, 4.69) is 41.6 Å². The van der Waals surface area contributed by atoms with Crippen LogP contribution in [0.1, 0.15) is 0 Å². The highest BCUT2D eigenvalue weighted by Gasteiger charge is 2.20. The maximum atomic E-state index is 13.2. The third kappa shape index (κ3) is 3.28. The minimum absolute atomic E-state index is 0.0776. The average Bonchev–Trinajstić information content (AvgIpc) is 2.36. The van der Waals surface area contributed by atoms with E-state index >= 15 is 0 Å². The van der Waals surface area contributed by atoms with E-state index in [-0.39, 0.29) is 20.9 Å². The molecule has 0 radical (unpaired) electrons. The zero-order valence-electron chi connectivity index (χ0n) is 9.77. The molecular formula is C11H8Br2FN3O2S. The second-order valence-electron chi connectivity index (χ2n) is 3.77. The molecule has 0 atom stereocenters. The van der Waals surface area contributed by atoms with E-state index in [1.807, 2.05) is 0 Å². The zero-order chi connectivity index (χ0) is 14.9. The smallest absolute Gasteiger partial charge is 0.264 e. The number of hydrogen-bond acceptors (Lipinski definition) is 4. The monoisotopic (exact) mass is 423 g/mol. The predicted octanol–water partition coefficient (Wildman–Crippen LogP) is 3.13. The third-order valence-electron chi connectivity index (χ3n) is 2.31. The van der Waals surface area contributed by atoms with Crippen molar-refractivity contribution in [2.45, 2.75) is 4.90 Å². The van der Waals surface area contributed by atoms with Crippen molar-refractivity contribution in [1.29, 1.82) is 0 Å². The van der Waals surface area contributed by atoms with E-state index in [0.717, 1.165) is 12.1 Å². The van der Waals surface area contributed by atoms with Crippen molar-refractivity contribution >= 4 is 53.4 Å². The van der Waals surface area contributed by atoms with Gasteiger partial charge in [0.05, 0.1) is 5.69 Å². The van der Waals surface area contributed by atoms with Gasteiger partial charge in [-0.25, -0.2) is 17.8 Å². The van der Waals surface area contributed by atoms with Gasteiger partial charge in [0, 0.05) is 15.1 Å². The molecule has 0 saturated carbocycles. The number of halogens is 3. The van der Waals surface area contributed by atoms with Crippen LogP contribution in [0.2, 0.25) is 0 Å². The molecule has 0 bridgehead atoms. The van der Waals surface area contributed by atoms with Gasteiger partial charge in [-0.15, -0.1) is 0 Å². The summed E-state index contributed by atoms with van der Waals surface area (Å²) in [6.07, 6.45) is 1.45. The van der Waals surface area contributed by atoms with Crippen LogP contribution in [0, 0.1) is 5.82 Å². The molecule has 0 unspecified atom stereocenters. The summed E-state index contributed by atoms with van der Waals surface area (Å²) in [5, 5.41) is 0. The Morgan fingerprint density at radius 2 is 1.95 bits per heavy atom. The summed E-state index contributed by atoms with van der Waals surface area (Å²) in [6.45, 7) is 0. The van der Waals surface area contributed by atoms with Crippen molar-refractivity contribution in [3.05, 3.63) is 45.2 Å². The van der Waals surface area contributed by atoms with Crippen molar-refractivity contribution in [3.63, 3.8) is 0 Å². The van der Waals surface area contributed by atoms with E-state index < -0.39 is 15.8 Å². The Kier molecular flexibility index (Phi) is 4.31. The lowest BCUT2D eigenvalue weighted by atomic mass is 10.3. The van der Waals surface area contributed by atoms with Crippen molar-refractivity contribution in [2.24, 2.45) is 0 Å². The number of pyridine rings is 1. The largest absolute Gasteiger partial charge is 0.396 e. The number of benzene rings is 1. The molecule has 0 amide bonds. The average molecular weight is 425 g/mol. The lowest BCUT2D eigenvalue weighted by Crippen LogP contribution is -2.15. The summed E-state index contributed by atoms with van der Waals surface area (Å²) < 4.78 is 40.7. The maximum Gasteiger partial charge on any atom is 0.264 e. The molecule has 20 heavy (non-hydrogen) atoms. The Labute approximate surface area is 131 Å². The topological polar surface area (TPSA) is 85.1 Å². The second-order valence-corrected chi connectivity index (χ2v) is 7.19. The molecule has 1 aromatic carbocycles. The molecule has 2 rings (SSSR count). The van der Waals surface area contributed by atoms with E-state index in [1.54, 1.807) is 6.07 Å². The fourth-order valence-corrected chi connectivity index (χ4v) is 3.67. The highest BCUT2D eigenvalue weighted by atomic mass is 79.9. The fourth-order valence-electron chi connectivity index (χ4n) is 1.38. The molecule has 9 heteroatoms. The van der Waals surface area contributed by atoms with Crippen molar-refractivity contribution in [3.8, 4) is 0 Å². The van der Waals surface area contributed by atoms with E-state index in [9.17, 15) is 12.8 Å². The van der Waals surface area contributed by atoms with Gasteiger partial charge in [-0.1, -0.05) is 0 Å². The van der Waals surface area contributed by atoms with Crippen LogP contribution in [0.3, 0.4) is 0 Å². The minimum atomic E-state index is -3.92. The highest BCUT2D eigenvalue weighted by Crippen LogP contribution is 2.28. The summed E-state index contributed by atoms with van der Waals surface area (Å²) in [4.78, 5) is 3.74. The Balaban J connectivity index is 2.40. The number of nitrogen functional groups attached to an aromatic ring is 1. The molecule has 0 aliphatic rings. The van der Waals surface area contributed by atoms with Gasteiger partial charge in [0.15, 0.2) is 0 Å². The summed E-state index contributed by atoms with van der Waals surface area (Å²) in [7, 11) is -3.92. The Morgan fingerprint density at radius 1 is 1.25 bits per heavy atom. The molecule has 0 saturated heterocycles. The van der Waals surface area contributed by atoms with Gasteiger partial charge in [-0.3, -0.25) is 4.72 Å². The highest BCUT2D eigenvalue weighted by molar-refractivity contribution is 9.10. The normalized spacial score (nSPS) is 11.3. The quantitative estimate of drug-likeness (QED) is 0.741. The second kappa shape index (κ2) is 5.66. The van der Waals surface area contributed by atoms with Crippen molar-refractivity contribution in [2.75, 3.05) is 10.5 Å². The molecule has 106 valence electrons. The Hall–Kier alpha value is -1.19. The first-order chi connectivity index (χ1) is 9.29. The van der Waals surface area contributed by atoms with Gasteiger partial charge < -0.3 is 5.73 Å². The Morgan fingerprint density at radius 3 is 2.55 bits per heavy atom. The SMILES string of the molecule is Nc1cc(S(=O)(=O)Nc2ccc(Br)cn2)c(Br)cc1F. The molecule has 0 fully saturated rings. The number of hydrogen-bond donors (Lipinski definition) is 2. The first-order valence-electron chi connectivity index (χ1n) is 5.18. The Bertz CT molecular complexity index is 751. The number of sulfonamides is 1. The van der Waals surface area contributed by atoms with Crippen LogP contribution in [0.15, 0.2) is 44.3 Å². The van der Waals surface area contributed by atoms with Crippen molar-refractivity contribution < 1.29 is 12.8 Å². The van der Waals surface area contributed by atoms with Crippen LogP contribution in [-0.4, -0.2) is 13.4 Å². The van der Waals surface area contributed by atoms with Crippen LogP contribution in [-0.2, 0) is 10.0 Å². The molecule has 1 heterocycles. The first kappa shape index (κ1) is 15.2. The van der Waals surface area contributed by atoms with Crippen LogP contribution in [0.25, 0.3) is 0 Å². The first-order valence-corrected chi connectivity index (χ1v) is 8.25. The third-order valence-corrected chi connectivity index (χ3v) is 5.09. The molecule has 0 spiro atoms. The van der Waals surface area contributed by atoms with Crippen LogP contribution in [0.5, 0.6) is 0 Å². The number of anilines is 2. The summed E-state index contributed by atoms with van der Waals surface area (Å²) in [5.41, 5.74) is 5.14.